The molecule has 17 heavy (non-hydrogen) atoms. The maximum absolute atomic E-state index is 13.5. The van der Waals surface area contributed by atoms with E-state index in [1.54, 1.807) is 6.07 Å². The topological polar surface area (TPSA) is 29.1 Å². The lowest BCUT2D eigenvalue weighted by molar-refractivity contribution is 0.0940. The van der Waals surface area contributed by atoms with Crippen molar-refractivity contribution in [2.45, 2.75) is 26.2 Å². The smallest absolute Gasteiger partial charge is 0.254 e. The summed E-state index contributed by atoms with van der Waals surface area (Å²) in [4.78, 5) is 11.8. The molecule has 1 amide bonds. The lowest BCUT2D eigenvalue weighted by Gasteiger charge is -2.13. The fourth-order valence-corrected chi connectivity index (χ4v) is 2.20. The molecule has 0 saturated heterocycles. The minimum Gasteiger partial charge on any atom is -0.351 e. The van der Waals surface area contributed by atoms with Crippen LogP contribution >= 0.6 is 15.9 Å². The van der Waals surface area contributed by atoms with Crippen molar-refractivity contribution >= 4 is 21.8 Å². The molecule has 1 aromatic carbocycles. The van der Waals surface area contributed by atoms with Crippen LogP contribution in [0.5, 0.6) is 0 Å². The average Bonchev–Trinajstić information content (AvgIpc) is 3.07. The van der Waals surface area contributed by atoms with E-state index in [1.165, 1.54) is 12.1 Å². The molecule has 1 fully saturated rings. The monoisotopic (exact) mass is 299 g/mol. The Kier molecular flexibility index (Phi) is 3.52. The van der Waals surface area contributed by atoms with Crippen LogP contribution in [0.2, 0.25) is 0 Å². The van der Waals surface area contributed by atoms with E-state index in [-0.39, 0.29) is 16.9 Å². The molecule has 0 aliphatic heterocycles. The van der Waals surface area contributed by atoms with Crippen LogP contribution in [0.25, 0.3) is 0 Å². The highest BCUT2D eigenvalue weighted by Gasteiger charge is 2.40. The van der Waals surface area contributed by atoms with Gasteiger partial charge >= 0.3 is 0 Å². The Morgan fingerprint density at radius 1 is 1.53 bits per heavy atom. The number of hydrogen-bond acceptors (Lipinski definition) is 1. The second-order valence-corrected chi connectivity index (χ2v) is 5.58. The summed E-state index contributed by atoms with van der Waals surface area (Å²) in [5, 5.41) is 2.82. The van der Waals surface area contributed by atoms with Crippen molar-refractivity contribution in [2.75, 3.05) is 6.54 Å². The zero-order chi connectivity index (χ0) is 12.5. The Bertz CT molecular complexity index is 443. The molecule has 1 saturated carbocycles. The third-order valence-corrected chi connectivity index (χ3v) is 4.00. The molecule has 92 valence electrons. The van der Waals surface area contributed by atoms with Crippen LogP contribution in [0.15, 0.2) is 22.7 Å². The summed E-state index contributed by atoms with van der Waals surface area (Å²) >= 11 is 3.17. The normalized spacial score (nSPS) is 16.6. The molecule has 1 aliphatic rings. The Hall–Kier alpha value is -0.900. The Morgan fingerprint density at radius 2 is 2.24 bits per heavy atom. The number of nitrogens with one attached hydrogen (secondary N) is 1. The van der Waals surface area contributed by atoms with Crippen LogP contribution in [-0.4, -0.2) is 12.5 Å². The van der Waals surface area contributed by atoms with Crippen molar-refractivity contribution in [3.63, 3.8) is 0 Å². The lowest BCUT2D eigenvalue weighted by Crippen LogP contribution is -2.30. The van der Waals surface area contributed by atoms with Gasteiger partial charge in [0.05, 0.1) is 5.56 Å². The molecule has 2 rings (SSSR count). The molecule has 0 bridgehead atoms. The summed E-state index contributed by atoms with van der Waals surface area (Å²) in [5.41, 5.74) is 0.390. The van der Waals surface area contributed by atoms with Gasteiger partial charge in [0.15, 0.2) is 0 Å². The summed E-state index contributed by atoms with van der Waals surface area (Å²) < 4.78 is 14.2. The van der Waals surface area contributed by atoms with Crippen LogP contribution in [0.3, 0.4) is 0 Å². The number of halogens is 2. The van der Waals surface area contributed by atoms with Gasteiger partial charge in [0, 0.05) is 11.0 Å². The van der Waals surface area contributed by atoms with Gasteiger partial charge in [-0.3, -0.25) is 4.79 Å². The summed E-state index contributed by atoms with van der Waals surface area (Å²) in [6, 6.07) is 4.48. The van der Waals surface area contributed by atoms with E-state index in [0.29, 0.717) is 11.0 Å². The predicted octanol–water partition coefficient (Wildman–Crippen LogP) is 3.51. The van der Waals surface area contributed by atoms with Crippen molar-refractivity contribution in [3.05, 3.63) is 34.1 Å². The summed E-state index contributed by atoms with van der Waals surface area (Å²) in [7, 11) is 0. The molecule has 1 aliphatic carbocycles. The molecule has 0 heterocycles. The SMILES string of the molecule is CCC1(CNC(=O)c2ccc(Br)cc2F)CC1. The van der Waals surface area contributed by atoms with Gasteiger partial charge in [-0.2, -0.15) is 0 Å². The van der Waals surface area contributed by atoms with Crippen molar-refractivity contribution < 1.29 is 9.18 Å². The first-order valence-electron chi connectivity index (χ1n) is 5.79. The predicted molar refractivity (Wildman–Crippen MR) is 68.4 cm³/mol. The van der Waals surface area contributed by atoms with E-state index in [0.717, 1.165) is 19.3 Å². The largest absolute Gasteiger partial charge is 0.351 e. The lowest BCUT2D eigenvalue weighted by atomic mass is 10.0. The van der Waals surface area contributed by atoms with E-state index in [9.17, 15) is 9.18 Å². The molecule has 0 spiro atoms. The van der Waals surface area contributed by atoms with E-state index >= 15 is 0 Å². The van der Waals surface area contributed by atoms with Gasteiger partial charge < -0.3 is 5.32 Å². The maximum Gasteiger partial charge on any atom is 0.254 e. The number of carbonyl (C=O) groups excluding carboxylic acids is 1. The summed E-state index contributed by atoms with van der Waals surface area (Å²) in [5.74, 6) is -0.812. The number of hydrogen-bond donors (Lipinski definition) is 1. The van der Waals surface area contributed by atoms with Gasteiger partial charge in [-0.25, -0.2) is 4.39 Å². The van der Waals surface area contributed by atoms with Crippen molar-refractivity contribution in [1.29, 1.82) is 0 Å². The highest BCUT2D eigenvalue weighted by molar-refractivity contribution is 9.10. The minimum absolute atomic E-state index is 0.111. The summed E-state index contributed by atoms with van der Waals surface area (Å²) in [6.07, 6.45) is 3.38. The van der Waals surface area contributed by atoms with E-state index in [4.69, 9.17) is 0 Å². The van der Waals surface area contributed by atoms with Crippen molar-refractivity contribution in [1.82, 2.24) is 5.32 Å². The third-order valence-electron chi connectivity index (χ3n) is 3.51. The first-order valence-corrected chi connectivity index (χ1v) is 6.59. The van der Waals surface area contributed by atoms with Crippen LogP contribution in [0.1, 0.15) is 36.5 Å². The Labute approximate surface area is 109 Å². The average molecular weight is 300 g/mol. The molecule has 0 radical (unpaired) electrons. The first kappa shape index (κ1) is 12.6. The Morgan fingerprint density at radius 3 is 2.76 bits per heavy atom. The molecule has 0 unspecified atom stereocenters. The summed E-state index contributed by atoms with van der Waals surface area (Å²) in [6.45, 7) is 2.78. The van der Waals surface area contributed by atoms with E-state index in [1.807, 2.05) is 0 Å². The van der Waals surface area contributed by atoms with Crippen LogP contribution in [0, 0.1) is 11.2 Å². The zero-order valence-electron chi connectivity index (χ0n) is 9.72. The molecule has 4 heteroatoms. The highest BCUT2D eigenvalue weighted by Crippen LogP contribution is 2.47. The second kappa shape index (κ2) is 4.77. The van der Waals surface area contributed by atoms with Gasteiger partial charge in [-0.1, -0.05) is 22.9 Å². The van der Waals surface area contributed by atoms with Crippen molar-refractivity contribution in [3.8, 4) is 0 Å². The fraction of sp³-hybridized carbons (Fsp3) is 0.462. The first-order chi connectivity index (χ1) is 8.06. The molecular formula is C13H15BrFNO. The zero-order valence-corrected chi connectivity index (χ0v) is 11.3. The number of amides is 1. The fourth-order valence-electron chi connectivity index (χ4n) is 1.87. The van der Waals surface area contributed by atoms with Crippen LogP contribution in [-0.2, 0) is 0 Å². The van der Waals surface area contributed by atoms with Crippen molar-refractivity contribution in [2.24, 2.45) is 5.41 Å². The minimum atomic E-state index is -0.488. The standard InChI is InChI=1S/C13H15BrFNO/c1-2-13(5-6-13)8-16-12(17)10-4-3-9(14)7-11(10)15/h3-4,7H,2,5-6,8H2,1H3,(H,16,17). The van der Waals surface area contributed by atoms with E-state index < -0.39 is 5.82 Å². The maximum atomic E-state index is 13.5. The molecule has 0 aromatic heterocycles. The van der Waals surface area contributed by atoms with Gasteiger partial charge in [0.25, 0.3) is 5.91 Å². The van der Waals surface area contributed by atoms with E-state index in [2.05, 4.69) is 28.2 Å². The third kappa shape index (κ3) is 2.86. The molecule has 0 atom stereocenters. The molecule has 2 nitrogen and oxygen atoms in total. The number of benzene rings is 1. The second-order valence-electron chi connectivity index (χ2n) is 4.66. The van der Waals surface area contributed by atoms with Gasteiger partial charge in [0.2, 0.25) is 0 Å². The van der Waals surface area contributed by atoms with Crippen LogP contribution in [0.4, 0.5) is 4.39 Å². The van der Waals surface area contributed by atoms with Gasteiger partial charge in [-0.05, 0) is 42.9 Å². The molecule has 1 aromatic rings. The number of carbonyl (C=O) groups is 1. The quantitative estimate of drug-likeness (QED) is 0.906. The van der Waals surface area contributed by atoms with Crippen LogP contribution < -0.4 is 5.32 Å². The number of rotatable bonds is 4. The van der Waals surface area contributed by atoms with Gasteiger partial charge in [-0.15, -0.1) is 0 Å². The molecule has 1 N–H and O–H groups in total. The Balaban J connectivity index is 2.00. The highest BCUT2D eigenvalue weighted by atomic mass is 79.9. The molecular weight excluding hydrogens is 285 g/mol. The van der Waals surface area contributed by atoms with Gasteiger partial charge in [0.1, 0.15) is 5.82 Å².